The number of aryl methyl sites for hydroxylation is 1. The molecule has 1 N–H and O–H groups in total. The number of amides is 1. The Morgan fingerprint density at radius 1 is 1.14 bits per heavy atom. The molecule has 2 aromatic rings. The molecule has 0 aromatic carbocycles. The second kappa shape index (κ2) is 5.51. The molecular weight excluding hydrogens is 278 g/mol. The monoisotopic (exact) mass is 297 g/mol. The number of hydrogen-bond acceptors (Lipinski definition) is 4. The van der Waals surface area contributed by atoms with Crippen molar-refractivity contribution >= 4 is 11.7 Å². The van der Waals surface area contributed by atoms with Gasteiger partial charge in [-0.25, -0.2) is 9.97 Å². The van der Waals surface area contributed by atoms with Gasteiger partial charge >= 0.3 is 0 Å². The highest BCUT2D eigenvalue weighted by atomic mass is 16.2. The van der Waals surface area contributed by atoms with Crippen molar-refractivity contribution in [2.45, 2.75) is 51.0 Å². The van der Waals surface area contributed by atoms with Crippen LogP contribution >= 0.6 is 0 Å². The molecule has 1 aliphatic heterocycles. The molecule has 114 valence electrons. The molecule has 2 aliphatic rings. The van der Waals surface area contributed by atoms with Crippen LogP contribution in [0.1, 0.15) is 60.0 Å². The van der Waals surface area contributed by atoms with Crippen molar-refractivity contribution in [2.24, 2.45) is 0 Å². The summed E-state index contributed by atoms with van der Waals surface area (Å²) in [5.41, 5.74) is 1.54. The third-order valence-corrected chi connectivity index (χ3v) is 4.38. The van der Waals surface area contributed by atoms with E-state index in [0.29, 0.717) is 17.4 Å². The number of nitrogens with one attached hydrogen (secondary N) is 1. The number of anilines is 1. The fraction of sp³-hybridized carbons (Fsp3) is 0.500. The Morgan fingerprint density at radius 2 is 2.00 bits per heavy atom. The zero-order valence-corrected chi connectivity index (χ0v) is 12.5. The van der Waals surface area contributed by atoms with Gasteiger partial charge in [0.05, 0.1) is 11.9 Å². The first-order chi connectivity index (χ1) is 10.8. The number of hydrogen-bond donors (Lipinski definition) is 1. The number of rotatable bonds is 3. The molecular formula is C16H19N5O. The summed E-state index contributed by atoms with van der Waals surface area (Å²) in [6.45, 7) is 0.869. The van der Waals surface area contributed by atoms with E-state index in [9.17, 15) is 4.79 Å². The number of aromatic nitrogens is 4. The Labute approximate surface area is 129 Å². The lowest BCUT2D eigenvalue weighted by atomic mass is 10.2. The molecule has 1 fully saturated rings. The Balaban J connectivity index is 1.59. The van der Waals surface area contributed by atoms with Crippen molar-refractivity contribution in [3.8, 4) is 0 Å². The lowest BCUT2D eigenvalue weighted by Gasteiger charge is -2.10. The lowest BCUT2D eigenvalue weighted by molar-refractivity contribution is 0.101. The molecule has 2 aromatic heterocycles. The van der Waals surface area contributed by atoms with Gasteiger partial charge in [-0.2, -0.15) is 0 Å². The maximum Gasteiger partial charge on any atom is 0.275 e. The van der Waals surface area contributed by atoms with E-state index in [0.717, 1.165) is 50.2 Å². The van der Waals surface area contributed by atoms with E-state index in [1.54, 1.807) is 18.6 Å². The molecule has 0 bridgehead atoms. The minimum absolute atomic E-state index is 0.136. The summed E-state index contributed by atoms with van der Waals surface area (Å²) in [7, 11) is 0. The third-order valence-electron chi connectivity index (χ3n) is 4.38. The molecule has 6 nitrogen and oxygen atoms in total. The van der Waals surface area contributed by atoms with Gasteiger partial charge in [0.1, 0.15) is 11.5 Å². The van der Waals surface area contributed by atoms with E-state index < -0.39 is 0 Å². The number of carbonyl (C=O) groups excluding carboxylic acids is 1. The zero-order valence-electron chi connectivity index (χ0n) is 12.5. The minimum Gasteiger partial charge on any atom is -0.324 e. The van der Waals surface area contributed by atoms with Gasteiger partial charge in [0, 0.05) is 31.3 Å². The van der Waals surface area contributed by atoms with E-state index in [2.05, 4.69) is 24.8 Å². The average Bonchev–Trinajstić information content (AvgIpc) is 3.33. The lowest BCUT2D eigenvalue weighted by Crippen LogP contribution is -2.19. The highest BCUT2D eigenvalue weighted by Gasteiger charge is 2.29. The molecule has 1 saturated carbocycles. The predicted octanol–water partition coefficient (Wildman–Crippen LogP) is 2.53. The number of nitrogens with zero attached hydrogens (tertiary/aromatic N) is 4. The van der Waals surface area contributed by atoms with Crippen molar-refractivity contribution in [3.63, 3.8) is 0 Å². The first-order valence-corrected chi connectivity index (χ1v) is 7.99. The van der Waals surface area contributed by atoms with Crippen LogP contribution < -0.4 is 5.32 Å². The largest absolute Gasteiger partial charge is 0.324 e. The first-order valence-electron chi connectivity index (χ1n) is 7.99. The average molecular weight is 297 g/mol. The molecule has 22 heavy (non-hydrogen) atoms. The van der Waals surface area contributed by atoms with Crippen LogP contribution in [-0.4, -0.2) is 25.4 Å². The van der Waals surface area contributed by atoms with Gasteiger partial charge in [-0.05, 0) is 25.7 Å². The molecule has 1 aliphatic carbocycles. The number of fused-ring (bicyclic) bond motifs is 1. The normalized spacial score (nSPS) is 17.6. The first kappa shape index (κ1) is 13.4. The van der Waals surface area contributed by atoms with Crippen LogP contribution in [0.15, 0.2) is 18.6 Å². The summed E-state index contributed by atoms with van der Waals surface area (Å²) in [5.74, 6) is 1.93. The highest BCUT2D eigenvalue weighted by molar-refractivity contribution is 6.02. The molecule has 0 atom stereocenters. The van der Waals surface area contributed by atoms with Gasteiger partial charge in [0.2, 0.25) is 0 Å². The maximum atomic E-state index is 12.6. The molecule has 0 saturated heterocycles. The molecule has 0 spiro atoms. The van der Waals surface area contributed by atoms with Crippen LogP contribution in [0.2, 0.25) is 0 Å². The van der Waals surface area contributed by atoms with Crippen LogP contribution in [-0.2, 0) is 13.0 Å². The van der Waals surface area contributed by atoms with Gasteiger partial charge in [-0.15, -0.1) is 0 Å². The van der Waals surface area contributed by atoms with Crippen LogP contribution in [0, 0.1) is 0 Å². The van der Waals surface area contributed by atoms with E-state index in [1.807, 2.05) is 0 Å². The topological polar surface area (TPSA) is 72.7 Å². The second-order valence-electron chi connectivity index (χ2n) is 6.04. The number of carbonyl (C=O) groups is 1. The van der Waals surface area contributed by atoms with Crippen molar-refractivity contribution in [3.05, 3.63) is 35.8 Å². The van der Waals surface area contributed by atoms with E-state index in [1.165, 1.54) is 6.42 Å². The van der Waals surface area contributed by atoms with Gasteiger partial charge in [-0.3, -0.25) is 9.78 Å². The van der Waals surface area contributed by atoms with Crippen molar-refractivity contribution < 1.29 is 4.79 Å². The summed E-state index contributed by atoms with van der Waals surface area (Å²) in [6, 6.07) is 0. The Bertz CT molecular complexity index is 704. The van der Waals surface area contributed by atoms with Crippen LogP contribution in [0.4, 0.5) is 5.82 Å². The number of imidazole rings is 1. The van der Waals surface area contributed by atoms with Crippen LogP contribution in [0.5, 0.6) is 0 Å². The SMILES string of the molecule is O=C(Nc1nccnc1C1CC1)c1cnc2n1CCCCC2. The molecule has 3 heterocycles. The summed E-state index contributed by atoms with van der Waals surface area (Å²) < 4.78 is 2.05. The van der Waals surface area contributed by atoms with Crippen molar-refractivity contribution in [2.75, 3.05) is 5.32 Å². The van der Waals surface area contributed by atoms with Crippen LogP contribution in [0.3, 0.4) is 0 Å². The van der Waals surface area contributed by atoms with E-state index in [-0.39, 0.29) is 5.91 Å². The Hall–Kier alpha value is -2.24. The molecule has 0 unspecified atom stereocenters. The van der Waals surface area contributed by atoms with E-state index in [4.69, 9.17) is 0 Å². The highest BCUT2D eigenvalue weighted by Crippen LogP contribution is 2.41. The second-order valence-corrected chi connectivity index (χ2v) is 6.04. The summed E-state index contributed by atoms with van der Waals surface area (Å²) in [4.78, 5) is 25.7. The third kappa shape index (κ3) is 2.49. The van der Waals surface area contributed by atoms with Gasteiger partial charge < -0.3 is 9.88 Å². The van der Waals surface area contributed by atoms with Gasteiger partial charge in [0.15, 0.2) is 5.82 Å². The summed E-state index contributed by atoms with van der Waals surface area (Å²) in [6.07, 6.45) is 11.6. The Kier molecular flexibility index (Phi) is 3.36. The molecule has 6 heteroatoms. The van der Waals surface area contributed by atoms with Crippen molar-refractivity contribution in [1.82, 2.24) is 19.5 Å². The minimum atomic E-state index is -0.136. The predicted molar refractivity (Wildman–Crippen MR) is 81.7 cm³/mol. The summed E-state index contributed by atoms with van der Waals surface area (Å²) >= 11 is 0. The fourth-order valence-electron chi connectivity index (χ4n) is 3.05. The molecule has 1 amide bonds. The van der Waals surface area contributed by atoms with Crippen molar-refractivity contribution in [1.29, 1.82) is 0 Å². The zero-order chi connectivity index (χ0) is 14.9. The van der Waals surface area contributed by atoms with E-state index >= 15 is 0 Å². The quantitative estimate of drug-likeness (QED) is 0.945. The van der Waals surface area contributed by atoms with Gasteiger partial charge in [-0.1, -0.05) is 6.42 Å². The fourth-order valence-corrected chi connectivity index (χ4v) is 3.05. The van der Waals surface area contributed by atoms with Crippen LogP contribution in [0.25, 0.3) is 0 Å². The molecule has 4 rings (SSSR count). The standard InChI is InChI=1S/C16H19N5O/c22-16(12-10-19-13-4-2-1-3-9-21(12)13)20-15-14(11-5-6-11)17-7-8-18-15/h7-8,10-11H,1-6,9H2,(H,18,20,22). The van der Waals surface area contributed by atoms with Gasteiger partial charge in [0.25, 0.3) is 5.91 Å². The summed E-state index contributed by atoms with van der Waals surface area (Å²) in [5, 5.41) is 2.93. The molecule has 0 radical (unpaired) electrons. The Morgan fingerprint density at radius 3 is 2.86 bits per heavy atom. The smallest absolute Gasteiger partial charge is 0.275 e. The maximum absolute atomic E-state index is 12.6.